The van der Waals surface area contributed by atoms with E-state index in [0.29, 0.717) is 12.5 Å². The standard InChI is InChI=1S/C20H28N4O/c1-15-5-4-6-18(16(15)2)24-11-9-23(10-12-24)13-19(25)22-20(3,14-21)17-7-8-17/h4-6,17H,7-13H2,1-3H3,(H,22,25)/p+1/t20-/m1/s1. The molecule has 5 heteroatoms. The fourth-order valence-corrected chi connectivity index (χ4v) is 3.76. The average Bonchev–Trinajstić information content (AvgIpc) is 3.43. The Labute approximate surface area is 150 Å². The smallest absolute Gasteiger partial charge is 0.276 e. The van der Waals surface area contributed by atoms with E-state index in [0.717, 1.165) is 39.0 Å². The minimum atomic E-state index is -0.684. The van der Waals surface area contributed by atoms with E-state index in [2.05, 4.69) is 48.3 Å². The molecule has 2 N–H and O–H groups in total. The number of hydrogen-bond donors (Lipinski definition) is 2. The van der Waals surface area contributed by atoms with Crippen molar-refractivity contribution in [1.82, 2.24) is 5.32 Å². The SMILES string of the molecule is Cc1cccc(N2CC[NH+](CC(=O)N[C@](C)(C#N)C3CC3)CC2)c1C. The maximum absolute atomic E-state index is 12.4. The number of anilines is 1. The van der Waals surface area contributed by atoms with Gasteiger partial charge >= 0.3 is 0 Å². The van der Waals surface area contributed by atoms with Gasteiger partial charge in [-0.05, 0) is 56.7 Å². The van der Waals surface area contributed by atoms with Gasteiger partial charge in [0, 0.05) is 5.69 Å². The Morgan fingerprint density at radius 3 is 2.64 bits per heavy atom. The second kappa shape index (κ2) is 7.05. The molecule has 1 saturated carbocycles. The molecule has 3 rings (SSSR count). The van der Waals surface area contributed by atoms with Gasteiger partial charge in [0.15, 0.2) is 6.54 Å². The van der Waals surface area contributed by atoms with Gasteiger partial charge in [-0.2, -0.15) is 5.26 Å². The maximum atomic E-state index is 12.4. The van der Waals surface area contributed by atoms with Crippen molar-refractivity contribution < 1.29 is 9.69 Å². The molecule has 0 aromatic heterocycles. The number of nitrogens with zero attached hydrogens (tertiary/aromatic N) is 2. The Morgan fingerprint density at radius 1 is 1.36 bits per heavy atom. The lowest BCUT2D eigenvalue weighted by Gasteiger charge is -2.35. The predicted octanol–water partition coefficient (Wildman–Crippen LogP) is 0.817. The first-order valence-electron chi connectivity index (χ1n) is 9.30. The molecule has 134 valence electrons. The molecule has 0 unspecified atom stereocenters. The predicted molar refractivity (Wildman–Crippen MR) is 98.6 cm³/mol. The summed E-state index contributed by atoms with van der Waals surface area (Å²) in [6.07, 6.45) is 2.09. The van der Waals surface area contributed by atoms with Crippen LogP contribution in [0.4, 0.5) is 5.69 Å². The maximum Gasteiger partial charge on any atom is 0.276 e. The molecule has 1 amide bonds. The van der Waals surface area contributed by atoms with E-state index in [1.807, 2.05) is 6.92 Å². The summed E-state index contributed by atoms with van der Waals surface area (Å²) in [5.41, 5.74) is 3.30. The number of carbonyl (C=O) groups is 1. The van der Waals surface area contributed by atoms with E-state index in [9.17, 15) is 10.1 Å². The highest BCUT2D eigenvalue weighted by atomic mass is 16.2. The van der Waals surface area contributed by atoms with Crippen LogP contribution in [0.1, 0.15) is 30.9 Å². The molecule has 25 heavy (non-hydrogen) atoms. The van der Waals surface area contributed by atoms with Gasteiger partial charge in [-0.15, -0.1) is 0 Å². The molecule has 1 saturated heterocycles. The Bertz CT molecular complexity index is 683. The molecule has 1 atom stereocenters. The fourth-order valence-electron chi connectivity index (χ4n) is 3.76. The number of amides is 1. The van der Waals surface area contributed by atoms with Crippen LogP contribution in [0.2, 0.25) is 0 Å². The van der Waals surface area contributed by atoms with Crippen LogP contribution in [0.5, 0.6) is 0 Å². The van der Waals surface area contributed by atoms with Crippen molar-refractivity contribution in [3.63, 3.8) is 0 Å². The summed E-state index contributed by atoms with van der Waals surface area (Å²) in [4.78, 5) is 16.1. The first-order chi connectivity index (χ1) is 11.9. The number of aryl methyl sites for hydroxylation is 1. The largest absolute Gasteiger partial charge is 0.360 e. The van der Waals surface area contributed by atoms with Crippen LogP contribution in [-0.4, -0.2) is 44.2 Å². The highest BCUT2D eigenvalue weighted by molar-refractivity contribution is 5.78. The molecule has 1 aliphatic heterocycles. The third kappa shape index (κ3) is 3.96. The molecule has 1 aromatic carbocycles. The van der Waals surface area contributed by atoms with Crippen LogP contribution in [0.15, 0.2) is 18.2 Å². The number of benzene rings is 1. The zero-order valence-electron chi connectivity index (χ0n) is 15.6. The number of hydrogen-bond acceptors (Lipinski definition) is 3. The number of nitrogens with one attached hydrogen (secondary N) is 2. The average molecular weight is 341 g/mol. The quantitative estimate of drug-likeness (QED) is 0.833. The van der Waals surface area contributed by atoms with Gasteiger partial charge in [0.2, 0.25) is 0 Å². The normalized spacial score (nSPS) is 20.6. The van der Waals surface area contributed by atoms with Gasteiger partial charge in [0.1, 0.15) is 5.54 Å². The van der Waals surface area contributed by atoms with Crippen molar-refractivity contribution in [2.24, 2.45) is 5.92 Å². The van der Waals surface area contributed by atoms with Crippen LogP contribution in [0, 0.1) is 31.1 Å². The molecule has 5 nitrogen and oxygen atoms in total. The summed E-state index contributed by atoms with van der Waals surface area (Å²) in [6, 6.07) is 8.75. The summed E-state index contributed by atoms with van der Waals surface area (Å²) < 4.78 is 0. The minimum absolute atomic E-state index is 0.00568. The third-order valence-corrected chi connectivity index (χ3v) is 5.82. The van der Waals surface area contributed by atoms with E-state index >= 15 is 0 Å². The number of piperazine rings is 1. The van der Waals surface area contributed by atoms with E-state index in [4.69, 9.17) is 0 Å². The van der Waals surface area contributed by atoms with Gasteiger partial charge in [-0.1, -0.05) is 12.1 Å². The summed E-state index contributed by atoms with van der Waals surface area (Å²) in [5.74, 6) is 0.337. The Morgan fingerprint density at radius 2 is 2.04 bits per heavy atom. The summed E-state index contributed by atoms with van der Waals surface area (Å²) in [6.45, 7) is 10.5. The van der Waals surface area contributed by atoms with Crippen LogP contribution in [-0.2, 0) is 4.79 Å². The highest BCUT2D eigenvalue weighted by Crippen LogP contribution is 2.39. The molecule has 1 heterocycles. The molecular weight excluding hydrogens is 312 g/mol. The van der Waals surface area contributed by atoms with Crippen molar-refractivity contribution in [3.8, 4) is 6.07 Å². The molecule has 0 radical (unpaired) electrons. The van der Waals surface area contributed by atoms with Gasteiger partial charge < -0.3 is 15.1 Å². The molecule has 1 aromatic rings. The van der Waals surface area contributed by atoms with Crippen LogP contribution in [0.25, 0.3) is 0 Å². The lowest BCUT2D eigenvalue weighted by molar-refractivity contribution is -0.892. The molecule has 2 aliphatic rings. The van der Waals surface area contributed by atoms with Crippen molar-refractivity contribution in [2.45, 2.75) is 39.2 Å². The first-order valence-corrected chi connectivity index (χ1v) is 9.30. The minimum Gasteiger partial charge on any atom is -0.360 e. The fraction of sp³-hybridized carbons (Fsp3) is 0.600. The van der Waals surface area contributed by atoms with Crippen molar-refractivity contribution >= 4 is 11.6 Å². The van der Waals surface area contributed by atoms with E-state index in [1.165, 1.54) is 21.7 Å². The molecule has 1 aliphatic carbocycles. The zero-order chi connectivity index (χ0) is 18.0. The van der Waals surface area contributed by atoms with E-state index in [-0.39, 0.29) is 5.91 Å². The zero-order valence-corrected chi connectivity index (χ0v) is 15.6. The van der Waals surface area contributed by atoms with E-state index < -0.39 is 5.54 Å². The summed E-state index contributed by atoms with van der Waals surface area (Å²) >= 11 is 0. The van der Waals surface area contributed by atoms with Gasteiger partial charge in [-0.25, -0.2) is 0 Å². The molecule has 0 spiro atoms. The number of quaternary nitrogens is 1. The number of nitriles is 1. The van der Waals surface area contributed by atoms with E-state index in [1.54, 1.807) is 0 Å². The number of rotatable bonds is 5. The van der Waals surface area contributed by atoms with Crippen LogP contribution in [0.3, 0.4) is 0 Å². The monoisotopic (exact) mass is 341 g/mol. The lowest BCUT2D eigenvalue weighted by atomic mass is 9.98. The molecular formula is C20H29N4O+. The van der Waals surface area contributed by atoms with Crippen molar-refractivity contribution in [3.05, 3.63) is 29.3 Å². The Kier molecular flexibility index (Phi) is 5.01. The first kappa shape index (κ1) is 17.8. The second-order valence-electron chi connectivity index (χ2n) is 7.77. The van der Waals surface area contributed by atoms with Gasteiger partial charge in [0.05, 0.1) is 32.2 Å². The Hall–Kier alpha value is -2.06. The summed E-state index contributed by atoms with van der Waals surface area (Å²) in [5, 5.41) is 12.4. The van der Waals surface area contributed by atoms with Crippen molar-refractivity contribution in [2.75, 3.05) is 37.6 Å². The Balaban J connectivity index is 1.52. The lowest BCUT2D eigenvalue weighted by Crippen LogP contribution is -3.16. The van der Waals surface area contributed by atoms with Crippen molar-refractivity contribution in [1.29, 1.82) is 5.26 Å². The van der Waals surface area contributed by atoms with Crippen LogP contribution >= 0.6 is 0 Å². The summed E-state index contributed by atoms with van der Waals surface area (Å²) in [7, 11) is 0. The second-order valence-corrected chi connectivity index (χ2v) is 7.77. The third-order valence-electron chi connectivity index (χ3n) is 5.82. The van der Waals surface area contributed by atoms with Gasteiger partial charge in [0.25, 0.3) is 5.91 Å². The molecule has 2 fully saturated rings. The highest BCUT2D eigenvalue weighted by Gasteiger charge is 2.43. The number of carbonyl (C=O) groups excluding carboxylic acids is 1. The molecule has 0 bridgehead atoms. The van der Waals surface area contributed by atoms with Gasteiger partial charge in [-0.3, -0.25) is 4.79 Å². The van der Waals surface area contributed by atoms with Crippen LogP contribution < -0.4 is 15.1 Å². The topological polar surface area (TPSA) is 60.6 Å².